The van der Waals surface area contributed by atoms with Gasteiger partial charge in [-0.2, -0.15) is 0 Å². The molecule has 534 valence electrons. The molecule has 0 rings (SSSR count). The molecule has 4 N–H and O–H groups in total. The van der Waals surface area contributed by atoms with E-state index >= 15 is 0 Å². The molecule has 0 heterocycles. The van der Waals surface area contributed by atoms with Crippen LogP contribution in [-0.4, -0.2) is 95.9 Å². The van der Waals surface area contributed by atoms with Gasteiger partial charge < -0.3 is 34.2 Å². The molecule has 0 aromatic heterocycles. The molecule has 0 aliphatic heterocycles. The molecule has 0 aromatic carbocycles. The Hall–Kier alpha value is -4.05. The fraction of sp³-hybridized carbons (Fsp3) is 0.693. The zero-order chi connectivity index (χ0) is 68.1. The number of aliphatic hydroxyl groups excluding tert-OH is 2. The Kier molecular flexibility index (Phi) is 65.0. The minimum absolute atomic E-state index is 0.0877. The van der Waals surface area contributed by atoms with Crippen molar-refractivity contribution in [2.24, 2.45) is 0 Å². The van der Waals surface area contributed by atoms with E-state index in [9.17, 15) is 43.5 Å². The average Bonchev–Trinajstić information content (AvgIpc) is 3.75. The lowest BCUT2D eigenvalue weighted by Gasteiger charge is -2.21. The molecule has 5 atom stereocenters. The van der Waals surface area contributed by atoms with E-state index in [1.807, 2.05) is 0 Å². The summed E-state index contributed by atoms with van der Waals surface area (Å²) in [4.78, 5) is 58.4. The Morgan fingerprint density at radius 1 is 0.312 bits per heavy atom. The largest absolute Gasteiger partial charge is 0.472 e. The summed E-state index contributed by atoms with van der Waals surface area (Å²) in [6.45, 7) is 2.46. The highest BCUT2D eigenvalue weighted by Crippen LogP contribution is 2.45. The third kappa shape index (κ3) is 69.1. The van der Waals surface area contributed by atoms with Crippen molar-refractivity contribution < 1.29 is 75.8 Å². The Morgan fingerprint density at radius 3 is 0.935 bits per heavy atom. The number of rotatable bonds is 67. The summed E-state index contributed by atoms with van der Waals surface area (Å²) >= 11 is 0. The SMILES string of the molecule is CC/C=C\C/C=C\C/C=C\C/C=C\C/C=C\CCCCCCCCCC(=O)OCC(O)COP(=O)(O)OCC(O)COP(=O)(O)OCC(COC(=O)CCCCCCC/C=C\C/C=C\C/C=C\C/C=C\CCCCC)OC(=O)CCCCCCC/C=C\CCCCCC. The molecule has 0 bridgehead atoms. The average molecular weight is 1350 g/mol. The lowest BCUT2D eigenvalue weighted by Crippen LogP contribution is -2.30. The maximum Gasteiger partial charge on any atom is 0.472 e. The van der Waals surface area contributed by atoms with Gasteiger partial charge in [0.2, 0.25) is 0 Å². The van der Waals surface area contributed by atoms with Crippen molar-refractivity contribution in [3.05, 3.63) is 122 Å². The van der Waals surface area contributed by atoms with Crippen molar-refractivity contribution in [1.29, 1.82) is 0 Å². The zero-order valence-corrected chi connectivity index (χ0v) is 59.7. The number of hydrogen-bond donors (Lipinski definition) is 4. The monoisotopic (exact) mass is 1350 g/mol. The standard InChI is InChI=1S/C75H128O16P2/c1-4-7-10-13-16-19-22-25-27-29-31-33-34-36-38-39-41-44-46-49-52-55-58-61-73(78)85-64-70(76)65-87-92(81,82)88-66-71(77)67-89-93(83,84)90-69-72(91-75(80)63-60-57-54-51-48-43-24-21-18-15-12-9-6-3)68-86-74(79)62-59-56-53-50-47-45-42-40-37-35-32-30-28-26-23-20-17-14-11-8-5-2/h7,10,16-17,19-21,24-28,31-33,35-36,38,40,42,70-72,76-77H,4-6,8-9,11-15,18,22-23,29-30,34,37,39,41,43-69H2,1-3H3,(H,81,82)(H,83,84)/b10-7-,19-16-,20-17-,24-21-,27-25-,28-26-,33-31-,35-32-,38-36-,42-40-. The highest BCUT2D eigenvalue weighted by Gasteiger charge is 2.29. The Balaban J connectivity index is 4.64. The molecule has 18 heteroatoms. The van der Waals surface area contributed by atoms with Gasteiger partial charge >= 0.3 is 33.6 Å². The molecule has 0 fully saturated rings. The van der Waals surface area contributed by atoms with Gasteiger partial charge in [0.25, 0.3) is 0 Å². The van der Waals surface area contributed by atoms with Crippen LogP contribution in [0.4, 0.5) is 0 Å². The first-order chi connectivity index (χ1) is 45.2. The molecule has 0 aliphatic rings. The summed E-state index contributed by atoms with van der Waals surface area (Å²) in [6, 6.07) is 0. The van der Waals surface area contributed by atoms with E-state index in [4.69, 9.17) is 32.3 Å². The first-order valence-electron chi connectivity index (χ1n) is 35.8. The minimum atomic E-state index is -4.93. The maximum absolute atomic E-state index is 12.9. The van der Waals surface area contributed by atoms with Crippen molar-refractivity contribution in [2.75, 3.05) is 39.6 Å². The van der Waals surface area contributed by atoms with Crippen LogP contribution >= 0.6 is 15.6 Å². The van der Waals surface area contributed by atoms with Gasteiger partial charge in [-0.15, -0.1) is 0 Å². The van der Waals surface area contributed by atoms with Crippen LogP contribution in [0.5, 0.6) is 0 Å². The third-order valence-corrected chi connectivity index (χ3v) is 16.5. The Labute approximate surface area is 563 Å². The number of ether oxygens (including phenoxy) is 3. The minimum Gasteiger partial charge on any atom is -0.463 e. The Bertz CT molecular complexity index is 2180. The van der Waals surface area contributed by atoms with E-state index in [0.717, 1.165) is 167 Å². The van der Waals surface area contributed by atoms with E-state index in [1.54, 1.807) is 0 Å². The number of hydrogen-bond acceptors (Lipinski definition) is 14. The van der Waals surface area contributed by atoms with E-state index < -0.39 is 91.5 Å². The lowest BCUT2D eigenvalue weighted by atomic mass is 10.1. The molecular weight excluding hydrogens is 1220 g/mol. The number of carbonyl (C=O) groups is 3. The van der Waals surface area contributed by atoms with Gasteiger partial charge in [0, 0.05) is 19.3 Å². The summed E-state index contributed by atoms with van der Waals surface area (Å²) in [5.41, 5.74) is 0. The summed E-state index contributed by atoms with van der Waals surface area (Å²) < 4.78 is 60.9. The molecule has 93 heavy (non-hydrogen) atoms. The second-order valence-corrected chi connectivity index (χ2v) is 26.6. The summed E-state index contributed by atoms with van der Waals surface area (Å²) in [5.74, 6) is -1.62. The topological polar surface area (TPSA) is 231 Å². The van der Waals surface area contributed by atoms with Gasteiger partial charge in [-0.25, -0.2) is 9.13 Å². The number of allylic oxidation sites excluding steroid dienone is 20. The number of carbonyl (C=O) groups excluding carboxylic acids is 3. The normalized spacial score (nSPS) is 14.9. The molecule has 0 amide bonds. The number of aliphatic hydroxyl groups is 2. The molecule has 0 saturated heterocycles. The summed E-state index contributed by atoms with van der Waals surface area (Å²) in [5, 5.41) is 20.6. The third-order valence-electron chi connectivity index (χ3n) is 14.6. The summed E-state index contributed by atoms with van der Waals surface area (Å²) in [6.07, 6.45) is 78.1. The van der Waals surface area contributed by atoms with Crippen LogP contribution in [0.25, 0.3) is 0 Å². The Morgan fingerprint density at radius 2 is 0.570 bits per heavy atom. The predicted octanol–water partition coefficient (Wildman–Crippen LogP) is 20.2. The molecule has 0 aromatic rings. The molecule has 0 aliphatic carbocycles. The molecule has 0 radical (unpaired) electrons. The van der Waals surface area contributed by atoms with Crippen LogP contribution < -0.4 is 0 Å². The van der Waals surface area contributed by atoms with Gasteiger partial charge in [-0.1, -0.05) is 245 Å². The smallest absolute Gasteiger partial charge is 0.463 e. The molecule has 0 saturated carbocycles. The van der Waals surface area contributed by atoms with E-state index in [-0.39, 0.29) is 19.3 Å². The number of phosphoric acid groups is 2. The van der Waals surface area contributed by atoms with E-state index in [1.165, 1.54) is 51.4 Å². The van der Waals surface area contributed by atoms with Crippen LogP contribution in [0, 0.1) is 0 Å². The van der Waals surface area contributed by atoms with Gasteiger partial charge in [0.15, 0.2) is 6.10 Å². The fourth-order valence-electron chi connectivity index (χ4n) is 9.16. The van der Waals surface area contributed by atoms with Crippen LogP contribution in [-0.2, 0) is 55.8 Å². The van der Waals surface area contributed by atoms with E-state index in [2.05, 4.69) is 142 Å². The first-order valence-corrected chi connectivity index (χ1v) is 38.8. The maximum atomic E-state index is 12.9. The zero-order valence-electron chi connectivity index (χ0n) is 57.9. The van der Waals surface area contributed by atoms with Gasteiger partial charge in [-0.05, 0) is 135 Å². The highest BCUT2D eigenvalue weighted by molar-refractivity contribution is 7.47. The highest BCUT2D eigenvalue weighted by atomic mass is 31.2. The quantitative estimate of drug-likeness (QED) is 0.0146. The second-order valence-electron chi connectivity index (χ2n) is 23.6. The summed E-state index contributed by atoms with van der Waals surface area (Å²) in [7, 11) is -9.79. The predicted molar refractivity (Wildman–Crippen MR) is 380 cm³/mol. The van der Waals surface area contributed by atoms with E-state index in [0.29, 0.717) is 19.3 Å². The second kappa shape index (κ2) is 67.9. The molecule has 0 spiro atoms. The molecule has 5 unspecified atom stereocenters. The van der Waals surface area contributed by atoms with Crippen molar-refractivity contribution in [3.63, 3.8) is 0 Å². The van der Waals surface area contributed by atoms with Crippen LogP contribution in [0.1, 0.15) is 278 Å². The van der Waals surface area contributed by atoms with Crippen molar-refractivity contribution in [3.8, 4) is 0 Å². The molecular formula is C75H128O16P2. The van der Waals surface area contributed by atoms with Crippen molar-refractivity contribution in [1.82, 2.24) is 0 Å². The van der Waals surface area contributed by atoms with Crippen molar-refractivity contribution in [2.45, 2.75) is 296 Å². The van der Waals surface area contributed by atoms with Crippen LogP contribution in [0.2, 0.25) is 0 Å². The molecule has 16 nitrogen and oxygen atoms in total. The number of unbranched alkanes of at least 4 members (excludes halogenated alkanes) is 24. The fourth-order valence-corrected chi connectivity index (χ4v) is 10.7. The lowest BCUT2D eigenvalue weighted by molar-refractivity contribution is -0.161. The number of esters is 3. The van der Waals surface area contributed by atoms with Gasteiger partial charge in [-0.3, -0.25) is 32.5 Å². The van der Waals surface area contributed by atoms with Gasteiger partial charge in [0.05, 0.1) is 26.4 Å². The van der Waals surface area contributed by atoms with Crippen LogP contribution in [0.15, 0.2) is 122 Å². The van der Waals surface area contributed by atoms with Crippen molar-refractivity contribution >= 4 is 33.6 Å². The van der Waals surface area contributed by atoms with Crippen LogP contribution in [0.3, 0.4) is 0 Å². The first kappa shape index (κ1) is 89.0. The van der Waals surface area contributed by atoms with Gasteiger partial charge in [0.1, 0.15) is 25.4 Å². The number of phosphoric ester groups is 2.